The topological polar surface area (TPSA) is 196 Å². The van der Waals surface area contributed by atoms with Gasteiger partial charge in [-0.1, -0.05) is 12.5 Å². The summed E-state index contributed by atoms with van der Waals surface area (Å²) in [7, 11) is 0. The summed E-state index contributed by atoms with van der Waals surface area (Å²) in [6.07, 6.45) is 3.48. The molecule has 1 aromatic carbocycles. The third kappa shape index (κ3) is 15.8. The minimum atomic E-state index is -1.18. The van der Waals surface area contributed by atoms with Crippen LogP contribution in [0.3, 0.4) is 0 Å². The summed E-state index contributed by atoms with van der Waals surface area (Å²) in [6, 6.07) is 5.48. The van der Waals surface area contributed by atoms with Crippen molar-refractivity contribution >= 4 is 29.7 Å². The molecule has 1 aromatic rings. The van der Waals surface area contributed by atoms with E-state index in [4.69, 9.17) is 28.4 Å². The van der Waals surface area contributed by atoms with E-state index >= 15 is 0 Å². The lowest BCUT2D eigenvalue weighted by atomic mass is 9.97. The highest BCUT2D eigenvalue weighted by Gasteiger charge is 2.34. The highest BCUT2D eigenvalue weighted by Crippen LogP contribution is 2.28. The van der Waals surface area contributed by atoms with Crippen molar-refractivity contribution < 1.29 is 62.6 Å². The molecule has 0 radical (unpaired) electrons. The van der Waals surface area contributed by atoms with Crippen molar-refractivity contribution in [1.29, 1.82) is 0 Å². The van der Waals surface area contributed by atoms with E-state index in [1.165, 1.54) is 17.1 Å². The molecule has 3 N–H and O–H groups in total. The van der Waals surface area contributed by atoms with Crippen LogP contribution in [0.4, 0.5) is 0 Å². The number of carboxylic acids is 1. The first-order valence-electron chi connectivity index (χ1n) is 17.9. The number of nitrogens with zero attached hydrogens (tertiary/aromatic N) is 1. The Morgan fingerprint density at radius 2 is 1.58 bits per heavy atom. The highest BCUT2D eigenvalue weighted by molar-refractivity contribution is 6.12. The van der Waals surface area contributed by atoms with Gasteiger partial charge in [0.05, 0.1) is 44.6 Å². The fourth-order valence-electron chi connectivity index (χ4n) is 5.27. The lowest BCUT2D eigenvalue weighted by molar-refractivity contribution is -0.195. The zero-order chi connectivity index (χ0) is 37.9. The number of aliphatic carboxylic acids is 1. The van der Waals surface area contributed by atoms with Gasteiger partial charge < -0.3 is 44.0 Å². The fourth-order valence-corrected chi connectivity index (χ4v) is 5.27. The number of esters is 1. The summed E-state index contributed by atoms with van der Waals surface area (Å²) in [4.78, 5) is 60.1. The minimum Gasteiger partial charge on any atom is -0.479 e. The minimum absolute atomic E-state index is 0.0186. The van der Waals surface area contributed by atoms with Crippen LogP contribution in [0, 0.1) is 5.41 Å². The summed E-state index contributed by atoms with van der Waals surface area (Å²) >= 11 is 0. The molecule has 0 spiro atoms. The Balaban J connectivity index is 1.24. The number of ether oxygens (including phenoxy) is 6. The smallest absolute Gasteiger partial charge is 0.333 e. The van der Waals surface area contributed by atoms with Crippen LogP contribution in [-0.2, 0) is 60.7 Å². The number of imide groups is 1. The van der Waals surface area contributed by atoms with E-state index in [1.807, 2.05) is 12.1 Å². The Hall–Kier alpha value is -3.89. The summed E-state index contributed by atoms with van der Waals surface area (Å²) < 4.78 is 33.7. The quantitative estimate of drug-likeness (QED) is 0.0798. The molecule has 0 aromatic heterocycles. The van der Waals surface area contributed by atoms with Crippen LogP contribution in [0.15, 0.2) is 30.4 Å². The van der Waals surface area contributed by atoms with Crippen molar-refractivity contribution in [3.05, 3.63) is 41.5 Å². The molecule has 2 heterocycles. The number of carbonyl (C=O) groups is 5. The van der Waals surface area contributed by atoms with Gasteiger partial charge in [0.2, 0.25) is 12.2 Å². The number of carbonyl (C=O) groups excluding carboxylic acids is 4. The van der Waals surface area contributed by atoms with Gasteiger partial charge in [0.25, 0.3) is 11.8 Å². The van der Waals surface area contributed by atoms with Gasteiger partial charge in [-0.05, 0) is 64.2 Å². The van der Waals surface area contributed by atoms with Crippen molar-refractivity contribution in [3.8, 4) is 5.75 Å². The van der Waals surface area contributed by atoms with Crippen LogP contribution in [-0.4, -0.2) is 116 Å². The first kappa shape index (κ1) is 42.5. The number of carboxylic acid groups (broad SMARTS) is 1. The molecule has 1 saturated heterocycles. The van der Waals surface area contributed by atoms with Crippen LogP contribution in [0.25, 0.3) is 0 Å². The average Bonchev–Trinajstić information content (AvgIpc) is 3.41. The second-order valence-electron chi connectivity index (χ2n) is 13.7. The van der Waals surface area contributed by atoms with Crippen molar-refractivity contribution in [2.75, 3.05) is 52.7 Å². The van der Waals surface area contributed by atoms with Crippen molar-refractivity contribution in [2.45, 2.75) is 97.2 Å². The van der Waals surface area contributed by atoms with E-state index < -0.39 is 29.9 Å². The van der Waals surface area contributed by atoms with Gasteiger partial charge in [0, 0.05) is 56.7 Å². The Bertz CT molecular complexity index is 1340. The van der Waals surface area contributed by atoms with Crippen molar-refractivity contribution in [2.24, 2.45) is 5.41 Å². The number of aryl methyl sites for hydroxylation is 1. The van der Waals surface area contributed by atoms with Crippen LogP contribution in [0.5, 0.6) is 5.75 Å². The molecule has 0 aliphatic carbocycles. The normalized spacial score (nSPS) is 18.8. The molecular formula is C37H54N2O13. The number of rotatable bonds is 24. The first-order valence-corrected chi connectivity index (χ1v) is 17.9. The number of unbranched alkanes of at least 4 members (excludes halogenated alkanes) is 2. The van der Waals surface area contributed by atoms with Gasteiger partial charge in [-0.2, -0.15) is 0 Å². The molecule has 52 heavy (non-hydrogen) atoms. The fraction of sp³-hybridized carbons (Fsp3) is 0.649. The number of aliphatic hydroxyl groups excluding tert-OH is 1. The van der Waals surface area contributed by atoms with E-state index in [1.54, 1.807) is 26.8 Å². The van der Waals surface area contributed by atoms with Crippen molar-refractivity contribution in [1.82, 2.24) is 10.2 Å². The van der Waals surface area contributed by atoms with Crippen LogP contribution in [0.2, 0.25) is 0 Å². The molecular weight excluding hydrogens is 680 g/mol. The second-order valence-corrected chi connectivity index (χ2v) is 13.7. The van der Waals surface area contributed by atoms with Gasteiger partial charge in [0.1, 0.15) is 12.4 Å². The lowest BCUT2D eigenvalue weighted by Crippen LogP contribution is -2.42. The molecule has 3 atom stereocenters. The Morgan fingerprint density at radius 3 is 2.25 bits per heavy atom. The third-order valence-electron chi connectivity index (χ3n) is 8.15. The van der Waals surface area contributed by atoms with Crippen molar-refractivity contribution in [3.63, 3.8) is 0 Å². The molecule has 290 valence electrons. The number of hydrogen-bond donors (Lipinski definition) is 3. The van der Waals surface area contributed by atoms with Gasteiger partial charge in [-0.3, -0.25) is 24.1 Å². The predicted octanol–water partition coefficient (Wildman–Crippen LogP) is 2.69. The van der Waals surface area contributed by atoms with Gasteiger partial charge in [0.15, 0.2) is 6.10 Å². The average molecular weight is 735 g/mol. The molecule has 15 nitrogen and oxygen atoms in total. The number of amides is 3. The molecule has 1 fully saturated rings. The molecule has 0 bridgehead atoms. The molecule has 3 rings (SSSR count). The zero-order valence-corrected chi connectivity index (χ0v) is 30.5. The molecule has 3 amide bonds. The number of aliphatic hydroxyl groups is 1. The Labute approximate surface area is 304 Å². The largest absolute Gasteiger partial charge is 0.479 e. The molecule has 2 aliphatic heterocycles. The van der Waals surface area contributed by atoms with E-state index in [2.05, 4.69) is 5.32 Å². The van der Waals surface area contributed by atoms with E-state index in [0.29, 0.717) is 89.7 Å². The molecule has 3 unspecified atom stereocenters. The molecule has 15 heteroatoms. The first-order chi connectivity index (χ1) is 24.8. The monoisotopic (exact) mass is 734 g/mol. The molecule has 2 aliphatic rings. The third-order valence-corrected chi connectivity index (χ3v) is 8.15. The number of hydrogen-bond acceptors (Lipinski definition) is 12. The number of benzene rings is 1. The Kier molecular flexibility index (Phi) is 18.2. The molecule has 0 saturated carbocycles. The highest BCUT2D eigenvalue weighted by atomic mass is 16.7. The van der Waals surface area contributed by atoms with Gasteiger partial charge >= 0.3 is 11.9 Å². The summed E-state index contributed by atoms with van der Waals surface area (Å²) in [6.45, 7) is 8.49. The van der Waals surface area contributed by atoms with E-state index in [9.17, 15) is 34.2 Å². The maximum Gasteiger partial charge on any atom is 0.333 e. The van der Waals surface area contributed by atoms with E-state index in [0.717, 1.165) is 18.4 Å². The Morgan fingerprint density at radius 1 is 0.904 bits per heavy atom. The van der Waals surface area contributed by atoms with Crippen LogP contribution >= 0.6 is 0 Å². The lowest BCUT2D eigenvalue weighted by Gasteiger charge is -2.31. The summed E-state index contributed by atoms with van der Waals surface area (Å²) in [5, 5.41) is 22.3. The SMILES string of the molecule is CC(C)(C)C(=O)OCc1cc(CCCOCCOCCOCCNC(=O)CCCCCN2C(=O)C=CC2=O)ccc1OC1CC(O)CC(C(=O)O)O1. The summed E-state index contributed by atoms with van der Waals surface area (Å²) in [5.74, 6) is -1.81. The van der Waals surface area contributed by atoms with Crippen LogP contribution < -0.4 is 10.1 Å². The standard InChI is InChI=1S/C37H54N2O13/c1-37(2,3)36(46)50-25-27-22-26(10-11-29(27)51-34-24-28(40)23-30(52-34)35(44)45)8-7-16-47-18-20-49-21-19-48-17-14-38-31(41)9-5-4-6-15-39-32(42)12-13-33(39)43/h10-13,22,28,30,34,40H,4-9,14-21,23-25H2,1-3H3,(H,38,41)(H,44,45). The second kappa shape index (κ2) is 22.2. The van der Waals surface area contributed by atoms with Gasteiger partial charge in [-0.15, -0.1) is 0 Å². The van der Waals surface area contributed by atoms with E-state index in [-0.39, 0.29) is 43.1 Å². The van der Waals surface area contributed by atoms with Crippen LogP contribution in [0.1, 0.15) is 76.8 Å². The predicted molar refractivity (Wildman–Crippen MR) is 186 cm³/mol. The zero-order valence-electron chi connectivity index (χ0n) is 30.5. The number of nitrogens with one attached hydrogen (secondary N) is 1. The maximum absolute atomic E-state index is 12.4. The van der Waals surface area contributed by atoms with Gasteiger partial charge in [-0.25, -0.2) is 4.79 Å². The summed E-state index contributed by atoms with van der Waals surface area (Å²) in [5.41, 5.74) is 0.877. The maximum atomic E-state index is 12.4.